The Bertz CT molecular complexity index is 790. The Morgan fingerprint density at radius 1 is 1.22 bits per heavy atom. The van der Waals surface area contributed by atoms with Crippen LogP contribution in [0.4, 0.5) is 10.7 Å². The maximum atomic E-state index is 12.9. The molecule has 1 unspecified atom stereocenters. The summed E-state index contributed by atoms with van der Waals surface area (Å²) in [6.45, 7) is 4.79. The minimum atomic E-state index is -3.06. The van der Waals surface area contributed by atoms with Crippen molar-refractivity contribution in [3.05, 3.63) is 11.8 Å². The monoisotopic (exact) mass is 398 g/mol. The molecule has 1 atom stereocenters. The minimum absolute atomic E-state index is 0.0201. The number of nitrogens with one attached hydrogen (secondary N) is 1. The summed E-state index contributed by atoms with van der Waals surface area (Å²) in [5, 5.41) is 6.59. The van der Waals surface area contributed by atoms with Crippen LogP contribution in [0.2, 0.25) is 0 Å². The van der Waals surface area contributed by atoms with E-state index in [1.54, 1.807) is 11.0 Å². The Balaban J connectivity index is 1.67. The first kappa shape index (κ1) is 19.7. The lowest BCUT2D eigenvalue weighted by molar-refractivity contribution is -0.136. The summed E-state index contributed by atoms with van der Waals surface area (Å²) in [6.07, 6.45) is 2.24. The van der Waals surface area contributed by atoms with Crippen LogP contribution in [0, 0.1) is 0 Å². The molecule has 10 heteroatoms. The lowest BCUT2D eigenvalue weighted by Gasteiger charge is -2.38. The highest BCUT2D eigenvalue weighted by atomic mass is 32.2. The SMILES string of the molecule is CC(C)c1cc(NC(=O)N2CCCCC2C(=O)N2CCS(=O)(=O)CC2)on1. The van der Waals surface area contributed by atoms with Gasteiger partial charge in [0, 0.05) is 25.7 Å². The molecular weight excluding hydrogens is 372 g/mol. The van der Waals surface area contributed by atoms with Crippen molar-refractivity contribution in [3.8, 4) is 0 Å². The molecule has 2 aliphatic heterocycles. The number of amides is 3. The van der Waals surface area contributed by atoms with Crippen molar-refractivity contribution < 1.29 is 22.5 Å². The third kappa shape index (κ3) is 4.60. The third-order valence-corrected chi connectivity index (χ3v) is 6.66. The molecule has 2 saturated heterocycles. The first-order valence-electron chi connectivity index (χ1n) is 9.30. The Kier molecular flexibility index (Phi) is 5.73. The quantitative estimate of drug-likeness (QED) is 0.824. The van der Waals surface area contributed by atoms with Gasteiger partial charge in [0.15, 0.2) is 9.84 Å². The van der Waals surface area contributed by atoms with Crippen molar-refractivity contribution in [2.45, 2.75) is 45.1 Å². The van der Waals surface area contributed by atoms with Crippen molar-refractivity contribution in [2.75, 3.05) is 36.5 Å². The summed E-state index contributed by atoms with van der Waals surface area (Å²) < 4.78 is 28.3. The van der Waals surface area contributed by atoms with Crippen LogP contribution in [0.1, 0.15) is 44.7 Å². The Morgan fingerprint density at radius 3 is 2.56 bits per heavy atom. The summed E-state index contributed by atoms with van der Waals surface area (Å²) in [4.78, 5) is 28.7. The van der Waals surface area contributed by atoms with Gasteiger partial charge in [0.05, 0.1) is 17.2 Å². The molecule has 2 aliphatic rings. The molecule has 0 saturated carbocycles. The molecule has 1 aromatic heterocycles. The molecule has 3 heterocycles. The van der Waals surface area contributed by atoms with Gasteiger partial charge in [0.2, 0.25) is 11.8 Å². The Labute approximate surface area is 159 Å². The second-order valence-corrected chi connectivity index (χ2v) is 9.69. The number of rotatable bonds is 3. The van der Waals surface area contributed by atoms with E-state index < -0.39 is 21.9 Å². The van der Waals surface area contributed by atoms with Crippen molar-refractivity contribution >= 4 is 27.7 Å². The van der Waals surface area contributed by atoms with Gasteiger partial charge >= 0.3 is 6.03 Å². The molecule has 150 valence electrons. The molecular formula is C17H26N4O5S. The fourth-order valence-corrected chi connectivity index (χ4v) is 4.57. The molecule has 0 spiro atoms. The van der Waals surface area contributed by atoms with Crippen LogP contribution in [0.5, 0.6) is 0 Å². The summed E-state index contributed by atoms with van der Waals surface area (Å²) in [5.41, 5.74) is 0.742. The second-order valence-electron chi connectivity index (χ2n) is 7.38. The number of aromatic nitrogens is 1. The van der Waals surface area contributed by atoms with E-state index in [1.165, 1.54) is 4.90 Å². The topological polar surface area (TPSA) is 113 Å². The minimum Gasteiger partial charge on any atom is -0.339 e. The average molecular weight is 398 g/mol. The maximum Gasteiger partial charge on any atom is 0.324 e. The standard InChI is InChI=1S/C17H26N4O5S/c1-12(2)13-11-15(26-19-13)18-17(23)21-6-4-3-5-14(21)16(22)20-7-9-27(24,25)10-8-20/h11-12,14H,3-10H2,1-2H3,(H,18,23). The number of likely N-dealkylation sites (tertiary alicyclic amines) is 1. The van der Waals surface area contributed by atoms with E-state index >= 15 is 0 Å². The number of hydrogen-bond acceptors (Lipinski definition) is 6. The summed E-state index contributed by atoms with van der Waals surface area (Å²) >= 11 is 0. The number of carbonyl (C=O) groups excluding carboxylic acids is 2. The second kappa shape index (κ2) is 7.87. The van der Waals surface area contributed by atoms with Crippen LogP contribution in [0.25, 0.3) is 0 Å². The third-order valence-electron chi connectivity index (χ3n) is 5.05. The van der Waals surface area contributed by atoms with Gasteiger partial charge in [0.25, 0.3) is 0 Å². The highest BCUT2D eigenvalue weighted by Gasteiger charge is 2.37. The number of nitrogens with zero attached hydrogens (tertiary/aromatic N) is 3. The normalized spacial score (nSPS) is 22.7. The van der Waals surface area contributed by atoms with Crippen LogP contribution in [-0.2, 0) is 14.6 Å². The van der Waals surface area contributed by atoms with Gasteiger partial charge in [0.1, 0.15) is 6.04 Å². The predicted octanol–water partition coefficient (Wildman–Crippen LogP) is 1.44. The molecule has 1 aromatic rings. The molecule has 2 fully saturated rings. The zero-order valence-electron chi connectivity index (χ0n) is 15.7. The lowest BCUT2D eigenvalue weighted by Crippen LogP contribution is -2.56. The van der Waals surface area contributed by atoms with E-state index in [9.17, 15) is 18.0 Å². The van der Waals surface area contributed by atoms with Crippen molar-refractivity contribution in [3.63, 3.8) is 0 Å². The molecule has 0 bridgehead atoms. The summed E-state index contributed by atoms with van der Waals surface area (Å²) in [5.74, 6) is 0.213. The smallest absolute Gasteiger partial charge is 0.324 e. The van der Waals surface area contributed by atoms with Crippen molar-refractivity contribution in [2.24, 2.45) is 0 Å². The van der Waals surface area contributed by atoms with Crippen LogP contribution in [0.3, 0.4) is 0 Å². The summed E-state index contributed by atoms with van der Waals surface area (Å²) in [7, 11) is -3.06. The lowest BCUT2D eigenvalue weighted by atomic mass is 10.0. The fraction of sp³-hybridized carbons (Fsp3) is 0.706. The first-order chi connectivity index (χ1) is 12.8. The number of sulfone groups is 1. The largest absolute Gasteiger partial charge is 0.339 e. The number of carbonyl (C=O) groups is 2. The maximum absolute atomic E-state index is 12.9. The van der Waals surface area contributed by atoms with E-state index in [1.807, 2.05) is 13.8 Å². The van der Waals surface area contributed by atoms with Gasteiger partial charge in [-0.3, -0.25) is 10.1 Å². The number of urea groups is 1. The molecule has 3 rings (SSSR count). The highest BCUT2D eigenvalue weighted by Crippen LogP contribution is 2.23. The fourth-order valence-electron chi connectivity index (χ4n) is 3.37. The molecule has 0 aliphatic carbocycles. The highest BCUT2D eigenvalue weighted by molar-refractivity contribution is 7.91. The van der Waals surface area contributed by atoms with E-state index in [0.29, 0.717) is 13.0 Å². The molecule has 0 aromatic carbocycles. The average Bonchev–Trinajstić information content (AvgIpc) is 3.10. The molecule has 3 amide bonds. The van der Waals surface area contributed by atoms with Crippen LogP contribution < -0.4 is 5.32 Å². The predicted molar refractivity (Wildman–Crippen MR) is 99.2 cm³/mol. The van der Waals surface area contributed by atoms with Crippen molar-refractivity contribution in [1.29, 1.82) is 0 Å². The van der Waals surface area contributed by atoms with Crippen molar-refractivity contribution in [1.82, 2.24) is 15.0 Å². The zero-order valence-corrected chi connectivity index (χ0v) is 16.5. The number of hydrogen-bond donors (Lipinski definition) is 1. The van der Waals surface area contributed by atoms with Gasteiger partial charge in [-0.15, -0.1) is 0 Å². The molecule has 9 nitrogen and oxygen atoms in total. The van der Waals surface area contributed by atoms with E-state index in [-0.39, 0.29) is 42.3 Å². The van der Waals surface area contributed by atoms with Gasteiger partial charge < -0.3 is 14.3 Å². The van der Waals surface area contributed by atoms with Gasteiger partial charge in [-0.1, -0.05) is 19.0 Å². The van der Waals surface area contributed by atoms with E-state index in [4.69, 9.17) is 4.52 Å². The van der Waals surface area contributed by atoms with Crippen LogP contribution >= 0.6 is 0 Å². The summed E-state index contributed by atoms with van der Waals surface area (Å²) in [6, 6.07) is 0.704. The van der Waals surface area contributed by atoms with E-state index in [0.717, 1.165) is 18.5 Å². The molecule has 0 radical (unpaired) electrons. The van der Waals surface area contributed by atoms with E-state index in [2.05, 4.69) is 10.5 Å². The molecule has 27 heavy (non-hydrogen) atoms. The van der Waals surface area contributed by atoms with Gasteiger partial charge in [-0.25, -0.2) is 13.2 Å². The van der Waals surface area contributed by atoms with Gasteiger partial charge in [-0.05, 0) is 25.2 Å². The molecule has 1 N–H and O–H groups in total. The zero-order chi connectivity index (χ0) is 19.6. The Morgan fingerprint density at radius 2 is 1.93 bits per heavy atom. The van der Waals surface area contributed by atoms with Crippen LogP contribution in [0.15, 0.2) is 10.6 Å². The van der Waals surface area contributed by atoms with Gasteiger partial charge in [-0.2, -0.15) is 0 Å². The number of piperidine rings is 1. The Hall–Kier alpha value is -2.10. The first-order valence-corrected chi connectivity index (χ1v) is 11.1. The number of anilines is 1. The van der Waals surface area contributed by atoms with Crippen LogP contribution in [-0.4, -0.2) is 72.5 Å².